The van der Waals surface area contributed by atoms with Crippen LogP contribution in [0.15, 0.2) is 24.3 Å². The summed E-state index contributed by atoms with van der Waals surface area (Å²) in [5.74, 6) is 0.666. The first-order valence-electron chi connectivity index (χ1n) is 7.35. The molecule has 2 rings (SSSR count). The molecule has 1 aliphatic rings. The highest BCUT2D eigenvalue weighted by molar-refractivity contribution is 5.93. The minimum absolute atomic E-state index is 0. The summed E-state index contributed by atoms with van der Waals surface area (Å²) >= 11 is 0. The van der Waals surface area contributed by atoms with E-state index in [0.717, 1.165) is 37.1 Å². The molecule has 2 atom stereocenters. The number of hydrogen-bond donors (Lipinski definition) is 2. The summed E-state index contributed by atoms with van der Waals surface area (Å²) in [7, 11) is 0. The van der Waals surface area contributed by atoms with Gasteiger partial charge in [0.15, 0.2) is 0 Å². The number of carbonyl (C=O) groups excluding carboxylic acids is 1. The summed E-state index contributed by atoms with van der Waals surface area (Å²) in [5.41, 5.74) is 6.63. The summed E-state index contributed by atoms with van der Waals surface area (Å²) in [6.07, 6.45) is 3.95. The molecule has 2 unspecified atom stereocenters. The number of anilines is 1. The third-order valence-electron chi connectivity index (χ3n) is 3.98. The normalized spacial score (nSPS) is 24.8. The van der Waals surface area contributed by atoms with Crippen molar-refractivity contribution in [3.05, 3.63) is 24.3 Å². The summed E-state index contributed by atoms with van der Waals surface area (Å²) in [6.45, 7) is 4.53. The Bertz CT molecular complexity index is 477. The van der Waals surface area contributed by atoms with Crippen LogP contribution in [0, 0.1) is 5.92 Å². The lowest BCUT2D eigenvalue weighted by Gasteiger charge is -2.37. The maximum absolute atomic E-state index is 12.4. The third kappa shape index (κ3) is 4.61. The van der Waals surface area contributed by atoms with E-state index < -0.39 is 5.54 Å². The van der Waals surface area contributed by atoms with Crippen LogP contribution in [-0.4, -0.2) is 18.1 Å². The molecule has 1 saturated carbocycles. The number of carbonyl (C=O) groups is 1. The minimum Gasteiger partial charge on any atom is -0.494 e. The van der Waals surface area contributed by atoms with Gasteiger partial charge in [-0.15, -0.1) is 12.4 Å². The Kier molecular flexibility index (Phi) is 6.49. The van der Waals surface area contributed by atoms with Crippen molar-refractivity contribution in [2.75, 3.05) is 11.9 Å². The first-order valence-corrected chi connectivity index (χ1v) is 7.35. The van der Waals surface area contributed by atoms with E-state index in [1.807, 2.05) is 38.1 Å². The number of ether oxygens (including phenoxy) is 1. The van der Waals surface area contributed by atoms with Gasteiger partial charge in [0.25, 0.3) is 0 Å². The van der Waals surface area contributed by atoms with E-state index in [1.54, 1.807) is 0 Å². The summed E-state index contributed by atoms with van der Waals surface area (Å²) in [6, 6.07) is 7.48. The number of nitrogens with one attached hydrogen (secondary N) is 1. The second-order valence-electron chi connectivity index (χ2n) is 5.75. The molecule has 0 bridgehead atoms. The largest absolute Gasteiger partial charge is 0.494 e. The van der Waals surface area contributed by atoms with Crippen LogP contribution in [0.3, 0.4) is 0 Å². The number of benzene rings is 1. The van der Waals surface area contributed by atoms with Crippen LogP contribution in [0.4, 0.5) is 5.69 Å². The maximum Gasteiger partial charge on any atom is 0.229 e. The molecule has 0 radical (unpaired) electrons. The molecule has 1 aromatic carbocycles. The Morgan fingerprint density at radius 1 is 1.48 bits per heavy atom. The van der Waals surface area contributed by atoms with E-state index >= 15 is 0 Å². The molecule has 21 heavy (non-hydrogen) atoms. The molecule has 118 valence electrons. The summed E-state index contributed by atoms with van der Waals surface area (Å²) in [4.78, 5) is 12.4. The van der Waals surface area contributed by atoms with Crippen molar-refractivity contribution in [1.29, 1.82) is 0 Å². The molecule has 1 fully saturated rings. The van der Waals surface area contributed by atoms with Crippen molar-refractivity contribution in [1.82, 2.24) is 0 Å². The molecule has 0 spiro atoms. The second-order valence-corrected chi connectivity index (χ2v) is 5.75. The maximum atomic E-state index is 12.4. The van der Waals surface area contributed by atoms with Crippen molar-refractivity contribution in [2.45, 2.75) is 45.1 Å². The summed E-state index contributed by atoms with van der Waals surface area (Å²) in [5, 5.41) is 2.97. The van der Waals surface area contributed by atoms with Gasteiger partial charge < -0.3 is 15.8 Å². The van der Waals surface area contributed by atoms with Crippen LogP contribution in [0.5, 0.6) is 5.75 Å². The smallest absolute Gasteiger partial charge is 0.229 e. The predicted octanol–water partition coefficient (Wildman–Crippen LogP) is 3.35. The van der Waals surface area contributed by atoms with Gasteiger partial charge in [-0.05, 0) is 38.8 Å². The first kappa shape index (κ1) is 17.8. The standard InChI is InChI=1S/C16H24N2O2.ClH/c1-3-20-13-8-6-7-12(11-13)18-15(19)14-9-4-5-10-16(14,2)17;/h6-8,11,14H,3-5,9-10,17H2,1-2H3,(H,18,19);1H. The zero-order valence-corrected chi connectivity index (χ0v) is 13.5. The van der Waals surface area contributed by atoms with E-state index in [-0.39, 0.29) is 24.2 Å². The topological polar surface area (TPSA) is 64.3 Å². The van der Waals surface area contributed by atoms with Crippen molar-refractivity contribution >= 4 is 24.0 Å². The van der Waals surface area contributed by atoms with E-state index in [9.17, 15) is 4.79 Å². The zero-order valence-electron chi connectivity index (χ0n) is 12.7. The number of nitrogens with two attached hydrogens (primary N) is 1. The van der Waals surface area contributed by atoms with Gasteiger partial charge in [-0.1, -0.05) is 18.9 Å². The van der Waals surface area contributed by atoms with Gasteiger partial charge in [-0.25, -0.2) is 0 Å². The molecule has 0 aromatic heterocycles. The third-order valence-corrected chi connectivity index (χ3v) is 3.98. The lowest BCUT2D eigenvalue weighted by Crippen LogP contribution is -2.51. The molecule has 0 heterocycles. The van der Waals surface area contributed by atoms with Crippen LogP contribution in [-0.2, 0) is 4.79 Å². The Hall–Kier alpha value is -1.26. The van der Waals surface area contributed by atoms with Gasteiger partial charge in [0.2, 0.25) is 5.91 Å². The molecule has 5 heteroatoms. The van der Waals surface area contributed by atoms with Gasteiger partial charge in [0, 0.05) is 17.3 Å². The quantitative estimate of drug-likeness (QED) is 0.896. The number of halogens is 1. The minimum atomic E-state index is -0.403. The molecular formula is C16H25ClN2O2. The lowest BCUT2D eigenvalue weighted by atomic mass is 9.74. The molecule has 1 aromatic rings. The van der Waals surface area contributed by atoms with Crippen molar-refractivity contribution in [3.8, 4) is 5.75 Å². The Morgan fingerprint density at radius 3 is 2.90 bits per heavy atom. The fraction of sp³-hybridized carbons (Fsp3) is 0.562. The molecule has 4 nitrogen and oxygen atoms in total. The Balaban J connectivity index is 0.00000220. The molecule has 3 N–H and O–H groups in total. The van der Waals surface area contributed by atoms with Crippen LogP contribution in [0.1, 0.15) is 39.5 Å². The highest BCUT2D eigenvalue weighted by atomic mass is 35.5. The highest BCUT2D eigenvalue weighted by Crippen LogP contribution is 2.32. The predicted molar refractivity (Wildman–Crippen MR) is 88.0 cm³/mol. The number of amides is 1. The number of hydrogen-bond acceptors (Lipinski definition) is 3. The number of rotatable bonds is 4. The molecular weight excluding hydrogens is 288 g/mol. The average Bonchev–Trinajstić information content (AvgIpc) is 2.38. The van der Waals surface area contributed by atoms with Gasteiger partial charge in [0.05, 0.1) is 12.5 Å². The Morgan fingerprint density at radius 2 is 2.24 bits per heavy atom. The van der Waals surface area contributed by atoms with E-state index in [1.165, 1.54) is 0 Å². The van der Waals surface area contributed by atoms with E-state index in [0.29, 0.717) is 6.61 Å². The van der Waals surface area contributed by atoms with Gasteiger partial charge in [-0.2, -0.15) is 0 Å². The van der Waals surface area contributed by atoms with Gasteiger partial charge >= 0.3 is 0 Å². The first-order chi connectivity index (χ1) is 9.53. The van der Waals surface area contributed by atoms with Crippen molar-refractivity contribution in [3.63, 3.8) is 0 Å². The van der Waals surface area contributed by atoms with Gasteiger partial charge in [0.1, 0.15) is 5.75 Å². The SMILES string of the molecule is CCOc1cccc(NC(=O)C2CCCCC2(C)N)c1.Cl. The monoisotopic (exact) mass is 312 g/mol. The molecule has 0 saturated heterocycles. The van der Waals surface area contributed by atoms with E-state index in [2.05, 4.69) is 5.32 Å². The van der Waals surface area contributed by atoms with Crippen LogP contribution in [0.25, 0.3) is 0 Å². The molecule has 1 aliphatic carbocycles. The fourth-order valence-electron chi connectivity index (χ4n) is 2.85. The van der Waals surface area contributed by atoms with Crippen LogP contribution < -0.4 is 15.8 Å². The van der Waals surface area contributed by atoms with Gasteiger partial charge in [-0.3, -0.25) is 4.79 Å². The molecule has 1 amide bonds. The van der Waals surface area contributed by atoms with E-state index in [4.69, 9.17) is 10.5 Å². The average molecular weight is 313 g/mol. The summed E-state index contributed by atoms with van der Waals surface area (Å²) < 4.78 is 5.44. The lowest BCUT2D eigenvalue weighted by molar-refractivity contribution is -0.122. The fourth-order valence-corrected chi connectivity index (χ4v) is 2.85. The second kappa shape index (κ2) is 7.66. The van der Waals surface area contributed by atoms with Crippen LogP contribution >= 0.6 is 12.4 Å². The highest BCUT2D eigenvalue weighted by Gasteiger charge is 2.37. The van der Waals surface area contributed by atoms with Crippen molar-refractivity contribution in [2.24, 2.45) is 11.7 Å². The zero-order chi connectivity index (χ0) is 14.6. The Labute approximate surface area is 132 Å². The van der Waals surface area contributed by atoms with Crippen LogP contribution in [0.2, 0.25) is 0 Å². The molecule has 0 aliphatic heterocycles. The van der Waals surface area contributed by atoms with Crippen molar-refractivity contribution < 1.29 is 9.53 Å².